The van der Waals surface area contributed by atoms with Gasteiger partial charge in [-0.2, -0.15) is 0 Å². The summed E-state index contributed by atoms with van der Waals surface area (Å²) in [5, 5.41) is 0. The second kappa shape index (κ2) is 6.53. The highest BCUT2D eigenvalue weighted by molar-refractivity contribution is 6.83. The van der Waals surface area contributed by atoms with E-state index in [1.165, 1.54) is 7.11 Å². The number of likely N-dealkylation sites (tertiary alicyclic amines) is 1. The smallest absolute Gasteiger partial charge is 0.329 e. The number of urea groups is 1. The number of methoxy groups -OCH3 is 1. The normalized spacial score (nSPS) is 18.0. The molecule has 0 N–H and O–H groups in total. The number of rotatable bonds is 3. The third-order valence-electron chi connectivity index (χ3n) is 3.77. The van der Waals surface area contributed by atoms with Gasteiger partial charge in [-0.1, -0.05) is 37.8 Å². The monoisotopic (exact) mass is 334 g/mol. The molecule has 124 valence electrons. The Balaban J connectivity index is 2.41. The Bertz CT molecular complexity index is 612. The van der Waals surface area contributed by atoms with Crippen LogP contribution in [0.4, 0.5) is 10.5 Å². The van der Waals surface area contributed by atoms with Gasteiger partial charge in [-0.3, -0.25) is 9.69 Å². The Labute approximate surface area is 137 Å². The molecule has 1 aromatic carbocycles. The number of nitrogens with zero attached hydrogens (tertiary/aromatic N) is 2. The minimum atomic E-state index is -2.12. The largest absolute Gasteiger partial charge is 0.467 e. The van der Waals surface area contributed by atoms with Crippen molar-refractivity contribution < 1.29 is 19.1 Å². The SMILES string of the molecule is COC(=O)C1CCC(=O)N1C(=O)N(c1ccccc1)[Si](C)(C)C. The number of benzene rings is 1. The first-order chi connectivity index (χ1) is 10.8. The molecule has 0 saturated carbocycles. The van der Waals surface area contributed by atoms with E-state index in [1.807, 2.05) is 50.0 Å². The van der Waals surface area contributed by atoms with Gasteiger partial charge >= 0.3 is 12.0 Å². The average molecular weight is 334 g/mol. The molecule has 6 nitrogen and oxygen atoms in total. The van der Waals surface area contributed by atoms with E-state index in [0.717, 1.165) is 10.6 Å². The van der Waals surface area contributed by atoms with E-state index in [-0.39, 0.29) is 12.3 Å². The summed E-state index contributed by atoms with van der Waals surface area (Å²) in [6, 6.07) is 7.97. The van der Waals surface area contributed by atoms with Crippen molar-refractivity contribution in [3.63, 3.8) is 0 Å². The van der Waals surface area contributed by atoms with E-state index in [0.29, 0.717) is 6.42 Å². The topological polar surface area (TPSA) is 66.9 Å². The van der Waals surface area contributed by atoms with Crippen LogP contribution in [0.2, 0.25) is 19.6 Å². The van der Waals surface area contributed by atoms with Crippen LogP contribution < -0.4 is 4.57 Å². The standard InChI is InChI=1S/C16H22N2O4Si/c1-22-15(20)13-10-11-14(19)17(13)16(21)18(23(2,3)4)12-8-6-5-7-9-12/h5-9,13H,10-11H2,1-4H3. The maximum absolute atomic E-state index is 13.1. The van der Waals surface area contributed by atoms with Gasteiger partial charge in [-0.25, -0.2) is 9.59 Å². The van der Waals surface area contributed by atoms with Crippen molar-refractivity contribution in [1.29, 1.82) is 0 Å². The van der Waals surface area contributed by atoms with Crippen molar-refractivity contribution in [1.82, 2.24) is 4.90 Å². The summed E-state index contributed by atoms with van der Waals surface area (Å²) >= 11 is 0. The molecule has 0 aliphatic carbocycles. The fourth-order valence-electron chi connectivity index (χ4n) is 2.75. The van der Waals surface area contributed by atoms with Gasteiger partial charge in [-0.15, -0.1) is 0 Å². The summed E-state index contributed by atoms with van der Waals surface area (Å²) < 4.78 is 6.41. The molecule has 1 fully saturated rings. The average Bonchev–Trinajstić information content (AvgIpc) is 2.88. The van der Waals surface area contributed by atoms with Gasteiger partial charge < -0.3 is 9.30 Å². The molecule has 1 aliphatic heterocycles. The van der Waals surface area contributed by atoms with Crippen LogP contribution >= 0.6 is 0 Å². The zero-order valence-corrected chi connectivity index (χ0v) is 14.9. The molecule has 2 rings (SSSR count). The third kappa shape index (κ3) is 3.44. The lowest BCUT2D eigenvalue weighted by atomic mass is 10.2. The highest BCUT2D eigenvalue weighted by Gasteiger charge is 2.45. The van der Waals surface area contributed by atoms with Gasteiger partial charge in [0.2, 0.25) is 5.91 Å². The molecule has 0 spiro atoms. The molecule has 3 amide bonds. The number of carbonyl (C=O) groups is 3. The lowest BCUT2D eigenvalue weighted by molar-refractivity contribution is -0.147. The molecule has 0 radical (unpaired) electrons. The summed E-state index contributed by atoms with van der Waals surface area (Å²) in [4.78, 5) is 38.3. The van der Waals surface area contributed by atoms with Gasteiger partial charge in [0.05, 0.1) is 7.11 Å². The molecule has 23 heavy (non-hydrogen) atoms. The quantitative estimate of drug-likeness (QED) is 0.629. The number of anilines is 1. The van der Waals surface area contributed by atoms with Crippen LogP contribution in [0, 0.1) is 0 Å². The van der Waals surface area contributed by atoms with Gasteiger partial charge in [0.25, 0.3) is 0 Å². The molecule has 0 aromatic heterocycles. The summed E-state index contributed by atoms with van der Waals surface area (Å²) in [7, 11) is -0.859. The van der Waals surface area contributed by atoms with E-state index >= 15 is 0 Å². The van der Waals surface area contributed by atoms with Gasteiger partial charge in [-0.05, 0) is 18.6 Å². The van der Waals surface area contributed by atoms with E-state index < -0.39 is 26.3 Å². The second-order valence-corrected chi connectivity index (χ2v) is 11.3. The van der Waals surface area contributed by atoms with Gasteiger partial charge in [0.15, 0.2) is 8.24 Å². The number of imide groups is 1. The maximum atomic E-state index is 13.1. The van der Waals surface area contributed by atoms with Crippen LogP contribution in [-0.4, -0.2) is 44.2 Å². The summed E-state index contributed by atoms with van der Waals surface area (Å²) in [5.41, 5.74) is 0.736. The highest BCUT2D eigenvalue weighted by atomic mass is 28.3. The first-order valence-corrected chi connectivity index (χ1v) is 11.0. The first-order valence-electron chi connectivity index (χ1n) is 7.56. The molecular weight excluding hydrogens is 312 g/mol. The van der Waals surface area contributed by atoms with Crippen LogP contribution in [0.25, 0.3) is 0 Å². The molecule has 1 heterocycles. The molecule has 7 heteroatoms. The van der Waals surface area contributed by atoms with Crippen LogP contribution in [0.5, 0.6) is 0 Å². The Morgan fingerprint density at radius 3 is 2.35 bits per heavy atom. The van der Waals surface area contributed by atoms with Crippen molar-refractivity contribution in [2.45, 2.75) is 38.5 Å². The van der Waals surface area contributed by atoms with Crippen molar-refractivity contribution in [2.24, 2.45) is 0 Å². The fraction of sp³-hybridized carbons (Fsp3) is 0.438. The minimum absolute atomic E-state index is 0.180. The van der Waals surface area contributed by atoms with E-state index in [4.69, 9.17) is 4.74 Å². The lowest BCUT2D eigenvalue weighted by Crippen LogP contribution is -2.58. The predicted molar refractivity (Wildman–Crippen MR) is 89.5 cm³/mol. The molecule has 1 aromatic rings. The minimum Gasteiger partial charge on any atom is -0.467 e. The Kier molecular flexibility index (Phi) is 4.89. The number of esters is 1. The maximum Gasteiger partial charge on any atom is 0.329 e. The number of ether oxygens (including phenoxy) is 1. The summed E-state index contributed by atoms with van der Waals surface area (Å²) in [6.07, 6.45) is 0.491. The number of para-hydroxylation sites is 1. The molecular formula is C16H22N2O4Si. The molecule has 1 atom stereocenters. The van der Waals surface area contributed by atoms with Gasteiger partial charge in [0.1, 0.15) is 6.04 Å². The lowest BCUT2D eigenvalue weighted by Gasteiger charge is -2.37. The fourth-order valence-corrected chi connectivity index (χ4v) is 4.36. The van der Waals surface area contributed by atoms with Crippen LogP contribution in [0.3, 0.4) is 0 Å². The number of carbonyl (C=O) groups excluding carboxylic acids is 3. The van der Waals surface area contributed by atoms with Crippen molar-refractivity contribution in [3.8, 4) is 0 Å². The van der Waals surface area contributed by atoms with Crippen molar-refractivity contribution in [3.05, 3.63) is 30.3 Å². The molecule has 1 aliphatic rings. The molecule has 1 unspecified atom stereocenters. The highest BCUT2D eigenvalue weighted by Crippen LogP contribution is 2.28. The van der Waals surface area contributed by atoms with E-state index in [1.54, 1.807) is 4.57 Å². The third-order valence-corrected chi connectivity index (χ3v) is 5.56. The zero-order chi connectivity index (χ0) is 17.2. The van der Waals surface area contributed by atoms with Crippen molar-refractivity contribution >= 4 is 31.8 Å². The first kappa shape index (κ1) is 17.2. The van der Waals surface area contributed by atoms with E-state index in [2.05, 4.69) is 0 Å². The number of amides is 3. The zero-order valence-electron chi connectivity index (χ0n) is 13.9. The van der Waals surface area contributed by atoms with Crippen LogP contribution in [0.15, 0.2) is 30.3 Å². The second-order valence-electron chi connectivity index (χ2n) is 6.47. The van der Waals surface area contributed by atoms with Crippen LogP contribution in [-0.2, 0) is 14.3 Å². The molecule has 0 bridgehead atoms. The summed E-state index contributed by atoms with van der Waals surface area (Å²) in [5.74, 6) is -0.877. The predicted octanol–water partition coefficient (Wildman–Crippen LogP) is 2.61. The Morgan fingerprint density at radius 1 is 1.22 bits per heavy atom. The Morgan fingerprint density at radius 2 is 1.83 bits per heavy atom. The molecule has 1 saturated heterocycles. The van der Waals surface area contributed by atoms with Crippen LogP contribution in [0.1, 0.15) is 12.8 Å². The Hall–Kier alpha value is -2.15. The number of hydrogen-bond acceptors (Lipinski definition) is 4. The van der Waals surface area contributed by atoms with Crippen molar-refractivity contribution in [2.75, 3.05) is 11.7 Å². The van der Waals surface area contributed by atoms with Gasteiger partial charge in [0, 0.05) is 12.1 Å². The van der Waals surface area contributed by atoms with E-state index in [9.17, 15) is 14.4 Å². The number of hydrogen-bond donors (Lipinski definition) is 0. The summed E-state index contributed by atoms with van der Waals surface area (Å²) in [6.45, 7) is 6.06.